The second-order valence-corrected chi connectivity index (χ2v) is 4.05. The van der Waals surface area contributed by atoms with Crippen molar-refractivity contribution in [1.82, 2.24) is 10.3 Å². The standard InChI is InChI=1S/C12H18N2O2/c1-13-6-11-7-14-4-2-12(11)16-9-10-3-5-15-8-10/h2,4,7,10,13H,3,5-6,8-9H2,1H3. The van der Waals surface area contributed by atoms with Crippen molar-refractivity contribution in [3.05, 3.63) is 24.0 Å². The van der Waals surface area contributed by atoms with Crippen molar-refractivity contribution in [3.63, 3.8) is 0 Å². The van der Waals surface area contributed by atoms with Crippen LogP contribution in [0.2, 0.25) is 0 Å². The van der Waals surface area contributed by atoms with Crippen molar-refractivity contribution in [3.8, 4) is 5.75 Å². The number of hydrogen-bond acceptors (Lipinski definition) is 4. The highest BCUT2D eigenvalue weighted by Crippen LogP contribution is 2.19. The first kappa shape index (κ1) is 11.4. The molecule has 1 aromatic rings. The zero-order valence-corrected chi connectivity index (χ0v) is 9.61. The Morgan fingerprint density at radius 2 is 2.56 bits per heavy atom. The van der Waals surface area contributed by atoms with Crippen molar-refractivity contribution in [1.29, 1.82) is 0 Å². The maximum Gasteiger partial charge on any atom is 0.126 e. The van der Waals surface area contributed by atoms with Gasteiger partial charge in [-0.3, -0.25) is 4.98 Å². The molecule has 1 aromatic heterocycles. The van der Waals surface area contributed by atoms with E-state index in [2.05, 4.69) is 10.3 Å². The quantitative estimate of drug-likeness (QED) is 0.813. The van der Waals surface area contributed by atoms with Gasteiger partial charge in [0, 0.05) is 37.0 Å². The third-order valence-electron chi connectivity index (χ3n) is 2.72. The van der Waals surface area contributed by atoms with Crippen LogP contribution < -0.4 is 10.1 Å². The fraction of sp³-hybridized carbons (Fsp3) is 0.583. The molecule has 1 saturated heterocycles. The normalized spacial score (nSPS) is 19.9. The Hall–Kier alpha value is -1.13. The van der Waals surface area contributed by atoms with Crippen molar-refractivity contribution in [2.45, 2.75) is 13.0 Å². The van der Waals surface area contributed by atoms with Crippen LogP contribution >= 0.6 is 0 Å². The topological polar surface area (TPSA) is 43.4 Å². The fourth-order valence-corrected chi connectivity index (χ4v) is 1.80. The molecule has 16 heavy (non-hydrogen) atoms. The summed E-state index contributed by atoms with van der Waals surface area (Å²) in [5.41, 5.74) is 1.10. The summed E-state index contributed by atoms with van der Waals surface area (Å²) in [7, 11) is 1.92. The molecule has 4 heteroatoms. The molecule has 0 aliphatic carbocycles. The van der Waals surface area contributed by atoms with E-state index in [1.165, 1.54) is 0 Å². The van der Waals surface area contributed by atoms with E-state index in [0.717, 1.165) is 44.1 Å². The van der Waals surface area contributed by atoms with Crippen LogP contribution in [0.1, 0.15) is 12.0 Å². The third-order valence-corrected chi connectivity index (χ3v) is 2.72. The minimum Gasteiger partial charge on any atom is -0.493 e. The summed E-state index contributed by atoms with van der Waals surface area (Å²) in [6, 6.07) is 1.92. The van der Waals surface area contributed by atoms with E-state index in [1.54, 1.807) is 6.20 Å². The largest absolute Gasteiger partial charge is 0.493 e. The predicted molar refractivity (Wildman–Crippen MR) is 61.4 cm³/mol. The third kappa shape index (κ3) is 2.93. The number of rotatable bonds is 5. The van der Waals surface area contributed by atoms with Crippen molar-refractivity contribution < 1.29 is 9.47 Å². The number of nitrogens with one attached hydrogen (secondary N) is 1. The van der Waals surface area contributed by atoms with Crippen LogP contribution in [0.15, 0.2) is 18.5 Å². The van der Waals surface area contributed by atoms with Gasteiger partial charge in [-0.25, -0.2) is 0 Å². The zero-order chi connectivity index (χ0) is 11.2. The van der Waals surface area contributed by atoms with Gasteiger partial charge in [0.25, 0.3) is 0 Å². The van der Waals surface area contributed by atoms with Gasteiger partial charge in [-0.05, 0) is 19.5 Å². The average molecular weight is 222 g/mol. The molecule has 0 spiro atoms. The monoisotopic (exact) mass is 222 g/mol. The van der Waals surface area contributed by atoms with Crippen molar-refractivity contribution in [2.75, 3.05) is 26.9 Å². The van der Waals surface area contributed by atoms with E-state index in [0.29, 0.717) is 5.92 Å². The molecule has 0 radical (unpaired) electrons. The van der Waals surface area contributed by atoms with Gasteiger partial charge in [-0.1, -0.05) is 0 Å². The molecule has 1 unspecified atom stereocenters. The highest BCUT2D eigenvalue weighted by molar-refractivity contribution is 5.29. The fourth-order valence-electron chi connectivity index (χ4n) is 1.80. The number of pyridine rings is 1. The summed E-state index contributed by atoms with van der Waals surface area (Å²) in [5.74, 6) is 1.46. The van der Waals surface area contributed by atoms with E-state index >= 15 is 0 Å². The highest BCUT2D eigenvalue weighted by atomic mass is 16.5. The van der Waals surface area contributed by atoms with Crippen LogP contribution in [0.25, 0.3) is 0 Å². The van der Waals surface area contributed by atoms with E-state index in [-0.39, 0.29) is 0 Å². The summed E-state index contributed by atoms with van der Waals surface area (Å²) in [6.07, 6.45) is 4.71. The summed E-state index contributed by atoms with van der Waals surface area (Å²) in [6.45, 7) is 3.21. The lowest BCUT2D eigenvalue weighted by molar-refractivity contribution is 0.166. The van der Waals surface area contributed by atoms with Gasteiger partial charge < -0.3 is 14.8 Å². The minimum absolute atomic E-state index is 0.538. The molecule has 2 heterocycles. The molecule has 4 nitrogen and oxygen atoms in total. The molecule has 1 aliphatic heterocycles. The smallest absolute Gasteiger partial charge is 0.126 e. The Balaban J connectivity index is 1.91. The highest BCUT2D eigenvalue weighted by Gasteiger charge is 2.16. The molecule has 0 aromatic carbocycles. The first-order valence-corrected chi connectivity index (χ1v) is 5.68. The van der Waals surface area contributed by atoms with Crippen LogP contribution in [0.3, 0.4) is 0 Å². The molecule has 0 saturated carbocycles. The summed E-state index contributed by atoms with van der Waals surface area (Å²) < 4.78 is 11.1. The van der Waals surface area contributed by atoms with Crippen molar-refractivity contribution >= 4 is 0 Å². The van der Waals surface area contributed by atoms with Crippen molar-refractivity contribution in [2.24, 2.45) is 5.92 Å². The maximum atomic E-state index is 5.81. The van der Waals surface area contributed by atoms with E-state index in [4.69, 9.17) is 9.47 Å². The lowest BCUT2D eigenvalue weighted by Gasteiger charge is -2.13. The molecule has 2 rings (SSSR count). The Morgan fingerprint density at radius 1 is 1.62 bits per heavy atom. The van der Waals surface area contributed by atoms with Crippen LogP contribution in [0.4, 0.5) is 0 Å². The molecule has 0 amide bonds. The Labute approximate surface area is 96.0 Å². The van der Waals surface area contributed by atoms with Crippen LogP contribution in [0, 0.1) is 5.92 Å². The van der Waals surface area contributed by atoms with Gasteiger partial charge in [-0.15, -0.1) is 0 Å². The molecular weight excluding hydrogens is 204 g/mol. The van der Waals surface area contributed by atoms with Gasteiger partial charge in [-0.2, -0.15) is 0 Å². The van der Waals surface area contributed by atoms with Gasteiger partial charge >= 0.3 is 0 Å². The Kier molecular flexibility index (Phi) is 4.13. The average Bonchev–Trinajstić information content (AvgIpc) is 2.81. The molecule has 1 fully saturated rings. The Morgan fingerprint density at radius 3 is 3.31 bits per heavy atom. The summed E-state index contributed by atoms with van der Waals surface area (Å²) in [5, 5.41) is 3.11. The summed E-state index contributed by atoms with van der Waals surface area (Å²) in [4.78, 5) is 4.10. The molecule has 1 N–H and O–H groups in total. The van der Waals surface area contributed by atoms with E-state index < -0.39 is 0 Å². The maximum absolute atomic E-state index is 5.81. The first-order valence-electron chi connectivity index (χ1n) is 5.68. The Bertz CT molecular complexity index is 325. The zero-order valence-electron chi connectivity index (χ0n) is 9.61. The van der Waals surface area contributed by atoms with Gasteiger partial charge in [0.1, 0.15) is 5.75 Å². The predicted octanol–water partition coefficient (Wildman–Crippen LogP) is 1.22. The van der Waals surface area contributed by atoms with Crippen LogP contribution in [-0.2, 0) is 11.3 Å². The molecule has 1 aliphatic rings. The van der Waals surface area contributed by atoms with Crippen LogP contribution in [-0.4, -0.2) is 31.9 Å². The molecule has 1 atom stereocenters. The van der Waals surface area contributed by atoms with Gasteiger partial charge in [0.2, 0.25) is 0 Å². The van der Waals surface area contributed by atoms with E-state index in [9.17, 15) is 0 Å². The minimum atomic E-state index is 0.538. The molecule has 88 valence electrons. The second-order valence-electron chi connectivity index (χ2n) is 4.05. The molecule has 0 bridgehead atoms. The SMILES string of the molecule is CNCc1cnccc1OCC1CCOC1. The lowest BCUT2D eigenvalue weighted by Crippen LogP contribution is -2.14. The van der Waals surface area contributed by atoms with Crippen LogP contribution in [0.5, 0.6) is 5.75 Å². The molecular formula is C12H18N2O2. The van der Waals surface area contributed by atoms with E-state index in [1.807, 2.05) is 19.3 Å². The van der Waals surface area contributed by atoms with Gasteiger partial charge in [0.15, 0.2) is 0 Å². The number of nitrogens with zero attached hydrogens (tertiary/aromatic N) is 1. The first-order chi connectivity index (χ1) is 7.90. The number of ether oxygens (including phenoxy) is 2. The number of hydrogen-bond donors (Lipinski definition) is 1. The lowest BCUT2D eigenvalue weighted by atomic mass is 10.1. The summed E-state index contributed by atoms with van der Waals surface area (Å²) >= 11 is 0. The van der Waals surface area contributed by atoms with Gasteiger partial charge in [0.05, 0.1) is 13.2 Å². The number of aromatic nitrogens is 1. The second kappa shape index (κ2) is 5.82.